The number of hydrogen-bond donors (Lipinski definition) is 0. The molecular formula is C34H38N4O3. The Kier molecular flexibility index (Phi) is 6.91. The Balaban J connectivity index is 1.10. The van der Waals surface area contributed by atoms with Crippen molar-refractivity contribution >= 4 is 17.5 Å². The SMILES string of the molecule is O=C1c2ccccc2OCN1[C@H](Cc1ccccc1)CN1CCC2(CC1)C(=O)N(CC1CC1)CN2c1ccccc1. The first-order chi connectivity index (χ1) is 20.1. The van der Waals surface area contributed by atoms with Gasteiger partial charge in [0.05, 0.1) is 18.3 Å². The maximum Gasteiger partial charge on any atom is 0.260 e. The van der Waals surface area contributed by atoms with Gasteiger partial charge in [0.15, 0.2) is 6.73 Å². The van der Waals surface area contributed by atoms with Gasteiger partial charge in [0.25, 0.3) is 5.91 Å². The molecule has 0 N–H and O–H groups in total. The number of rotatable bonds is 8. The van der Waals surface area contributed by atoms with Crippen LogP contribution in [-0.2, 0) is 11.2 Å². The molecule has 4 aliphatic rings. The van der Waals surface area contributed by atoms with E-state index in [4.69, 9.17) is 4.74 Å². The van der Waals surface area contributed by atoms with E-state index in [2.05, 4.69) is 63.2 Å². The van der Waals surface area contributed by atoms with Gasteiger partial charge in [0.2, 0.25) is 5.91 Å². The van der Waals surface area contributed by atoms with Crippen molar-refractivity contribution in [1.29, 1.82) is 0 Å². The van der Waals surface area contributed by atoms with Crippen molar-refractivity contribution in [2.24, 2.45) is 5.92 Å². The number of ether oxygens (including phenoxy) is 1. The van der Waals surface area contributed by atoms with Crippen molar-refractivity contribution in [3.63, 3.8) is 0 Å². The van der Waals surface area contributed by atoms with Gasteiger partial charge in [-0.25, -0.2) is 0 Å². The minimum Gasteiger partial charge on any atom is -0.472 e. The van der Waals surface area contributed by atoms with Crippen LogP contribution < -0.4 is 9.64 Å². The molecule has 0 unspecified atom stereocenters. The lowest BCUT2D eigenvalue weighted by Crippen LogP contribution is -2.58. The Morgan fingerprint density at radius 1 is 0.854 bits per heavy atom. The molecule has 7 rings (SSSR count). The third-order valence-electron chi connectivity index (χ3n) is 9.40. The highest BCUT2D eigenvalue weighted by Gasteiger charge is 2.54. The Morgan fingerprint density at radius 2 is 1.54 bits per heavy atom. The number of nitrogens with zero attached hydrogens (tertiary/aromatic N) is 4. The minimum absolute atomic E-state index is 0.0261. The zero-order chi connectivity index (χ0) is 27.8. The molecule has 3 aliphatic heterocycles. The summed E-state index contributed by atoms with van der Waals surface area (Å²) in [5, 5.41) is 0. The van der Waals surface area contributed by atoms with Gasteiger partial charge < -0.3 is 24.3 Å². The zero-order valence-electron chi connectivity index (χ0n) is 23.5. The summed E-state index contributed by atoms with van der Waals surface area (Å²) in [6, 6.07) is 28.3. The van der Waals surface area contributed by atoms with Crippen LogP contribution >= 0.6 is 0 Å². The van der Waals surface area contributed by atoms with Gasteiger partial charge in [-0.3, -0.25) is 9.59 Å². The average Bonchev–Trinajstić information content (AvgIpc) is 3.80. The first-order valence-electron chi connectivity index (χ1n) is 15.0. The predicted octanol–water partition coefficient (Wildman–Crippen LogP) is 4.64. The highest BCUT2D eigenvalue weighted by atomic mass is 16.5. The van der Waals surface area contributed by atoms with Crippen LogP contribution in [0.15, 0.2) is 84.9 Å². The largest absolute Gasteiger partial charge is 0.472 e. The molecule has 0 aromatic heterocycles. The van der Waals surface area contributed by atoms with Gasteiger partial charge >= 0.3 is 0 Å². The molecule has 3 aromatic carbocycles. The lowest BCUT2D eigenvalue weighted by Gasteiger charge is -2.45. The summed E-state index contributed by atoms with van der Waals surface area (Å²) in [6.45, 7) is 4.18. The van der Waals surface area contributed by atoms with Crippen LogP contribution in [0.25, 0.3) is 0 Å². The number of likely N-dealkylation sites (tertiary alicyclic amines) is 1. The molecule has 1 aliphatic carbocycles. The summed E-state index contributed by atoms with van der Waals surface area (Å²) in [5.41, 5.74) is 2.46. The predicted molar refractivity (Wildman–Crippen MR) is 159 cm³/mol. The summed E-state index contributed by atoms with van der Waals surface area (Å²) in [7, 11) is 0. The highest BCUT2D eigenvalue weighted by molar-refractivity contribution is 5.98. The van der Waals surface area contributed by atoms with Crippen LogP contribution in [0.5, 0.6) is 5.75 Å². The number of fused-ring (bicyclic) bond motifs is 1. The fourth-order valence-electron chi connectivity index (χ4n) is 6.91. The van der Waals surface area contributed by atoms with Gasteiger partial charge in [-0.1, -0.05) is 60.7 Å². The molecule has 3 aromatic rings. The van der Waals surface area contributed by atoms with E-state index in [-0.39, 0.29) is 18.7 Å². The molecule has 3 fully saturated rings. The van der Waals surface area contributed by atoms with E-state index in [1.165, 1.54) is 18.4 Å². The first kappa shape index (κ1) is 26.1. The fraction of sp³-hybridized carbons (Fsp3) is 0.412. The fourth-order valence-corrected chi connectivity index (χ4v) is 6.91. The molecule has 3 heterocycles. The van der Waals surface area contributed by atoms with Gasteiger partial charge in [-0.2, -0.15) is 0 Å². The van der Waals surface area contributed by atoms with Crippen LogP contribution in [0.1, 0.15) is 41.6 Å². The Labute approximate surface area is 242 Å². The molecule has 2 amide bonds. The number of para-hydroxylation sites is 2. The van der Waals surface area contributed by atoms with Gasteiger partial charge in [-0.05, 0) is 67.9 Å². The second-order valence-electron chi connectivity index (χ2n) is 12.1. The van der Waals surface area contributed by atoms with Crippen molar-refractivity contribution in [2.45, 2.75) is 43.7 Å². The molecule has 7 nitrogen and oxygen atoms in total. The molecule has 7 heteroatoms. The third kappa shape index (κ3) is 5.08. The summed E-state index contributed by atoms with van der Waals surface area (Å²) >= 11 is 0. The number of anilines is 1. The quantitative estimate of drug-likeness (QED) is 0.409. The van der Waals surface area contributed by atoms with Crippen molar-refractivity contribution in [1.82, 2.24) is 14.7 Å². The number of carbonyl (C=O) groups excluding carboxylic acids is 2. The maximum absolute atomic E-state index is 14.0. The number of carbonyl (C=O) groups is 2. The summed E-state index contributed by atoms with van der Waals surface area (Å²) < 4.78 is 6.05. The molecule has 1 atom stereocenters. The molecule has 0 radical (unpaired) electrons. The van der Waals surface area contributed by atoms with E-state index in [9.17, 15) is 9.59 Å². The van der Waals surface area contributed by atoms with Gasteiger partial charge in [-0.15, -0.1) is 0 Å². The van der Waals surface area contributed by atoms with Gasteiger partial charge in [0.1, 0.15) is 11.3 Å². The number of hydrogen-bond acceptors (Lipinski definition) is 5. The van der Waals surface area contributed by atoms with Crippen molar-refractivity contribution in [2.75, 3.05) is 44.5 Å². The Morgan fingerprint density at radius 3 is 2.27 bits per heavy atom. The number of benzene rings is 3. The summed E-state index contributed by atoms with van der Waals surface area (Å²) in [6.07, 6.45) is 4.80. The van der Waals surface area contributed by atoms with Crippen LogP contribution in [0.2, 0.25) is 0 Å². The van der Waals surface area contributed by atoms with Crippen LogP contribution in [-0.4, -0.2) is 77.7 Å². The van der Waals surface area contributed by atoms with Crippen molar-refractivity contribution in [3.05, 3.63) is 96.1 Å². The highest BCUT2D eigenvalue weighted by Crippen LogP contribution is 2.41. The van der Waals surface area contributed by atoms with Crippen LogP contribution in [0.4, 0.5) is 5.69 Å². The van der Waals surface area contributed by atoms with E-state index >= 15 is 0 Å². The van der Waals surface area contributed by atoms with Crippen molar-refractivity contribution in [3.8, 4) is 5.75 Å². The topological polar surface area (TPSA) is 56.3 Å². The number of piperidine rings is 1. The normalized spacial score (nSPS) is 21.2. The second kappa shape index (κ2) is 10.9. The zero-order valence-corrected chi connectivity index (χ0v) is 23.5. The van der Waals surface area contributed by atoms with Crippen molar-refractivity contribution < 1.29 is 14.3 Å². The van der Waals surface area contributed by atoms with E-state index in [0.29, 0.717) is 29.8 Å². The minimum atomic E-state index is -0.495. The number of amides is 2. The molecule has 212 valence electrons. The monoisotopic (exact) mass is 550 g/mol. The van der Waals surface area contributed by atoms with E-state index in [0.717, 1.165) is 51.1 Å². The smallest absolute Gasteiger partial charge is 0.260 e. The van der Waals surface area contributed by atoms with E-state index < -0.39 is 5.54 Å². The summed E-state index contributed by atoms with van der Waals surface area (Å²) in [5.74, 6) is 1.65. The van der Waals surface area contributed by atoms with E-state index in [1.807, 2.05) is 41.3 Å². The van der Waals surface area contributed by atoms with Crippen LogP contribution in [0.3, 0.4) is 0 Å². The molecule has 1 spiro atoms. The maximum atomic E-state index is 14.0. The average molecular weight is 551 g/mol. The summed E-state index contributed by atoms with van der Waals surface area (Å²) in [4.78, 5) is 36.5. The Hall–Kier alpha value is -3.84. The Bertz CT molecular complexity index is 1390. The molecule has 0 bridgehead atoms. The lowest BCUT2D eigenvalue weighted by atomic mass is 9.85. The van der Waals surface area contributed by atoms with Crippen LogP contribution in [0, 0.1) is 5.92 Å². The lowest BCUT2D eigenvalue weighted by molar-refractivity contribution is -0.133. The third-order valence-corrected chi connectivity index (χ3v) is 9.40. The second-order valence-corrected chi connectivity index (χ2v) is 12.1. The molecule has 2 saturated heterocycles. The molecule has 41 heavy (non-hydrogen) atoms. The first-order valence-corrected chi connectivity index (χ1v) is 15.0. The van der Waals surface area contributed by atoms with E-state index in [1.54, 1.807) is 0 Å². The standard InChI is InChI=1S/C34H38N4O3/c39-32-30-13-7-8-14-31(30)41-25-37(32)29(21-26-9-3-1-4-10-26)23-35-19-17-34(18-20-35)33(40)36(22-27-15-16-27)24-38(34)28-11-5-2-6-12-28/h1-14,27,29H,15-25H2/t29-/m1/s1. The molecule has 1 saturated carbocycles. The molecular weight excluding hydrogens is 512 g/mol. The van der Waals surface area contributed by atoms with Gasteiger partial charge in [0, 0.05) is 31.9 Å².